The molecule has 3 N–H and O–H groups in total. The van der Waals surface area contributed by atoms with Gasteiger partial charge in [-0.15, -0.1) is 0 Å². The SMILES string of the molecule is CN(C)CCNC(CN)c1cc(Br)ccc1Cl. The maximum atomic E-state index is 6.18. The quantitative estimate of drug-likeness (QED) is 0.845. The van der Waals surface area contributed by atoms with Gasteiger partial charge in [0.1, 0.15) is 0 Å². The molecule has 0 heterocycles. The van der Waals surface area contributed by atoms with Crippen LogP contribution in [0.25, 0.3) is 0 Å². The third-order valence-corrected chi connectivity index (χ3v) is 3.36. The summed E-state index contributed by atoms with van der Waals surface area (Å²) < 4.78 is 1.02. The van der Waals surface area contributed by atoms with Gasteiger partial charge < -0.3 is 16.0 Å². The Morgan fingerprint density at radius 2 is 2.18 bits per heavy atom. The number of hydrogen-bond donors (Lipinski definition) is 2. The van der Waals surface area contributed by atoms with Crippen molar-refractivity contribution in [3.05, 3.63) is 33.3 Å². The lowest BCUT2D eigenvalue weighted by atomic mass is 10.1. The molecule has 3 nitrogen and oxygen atoms in total. The topological polar surface area (TPSA) is 41.3 Å². The fourth-order valence-electron chi connectivity index (χ4n) is 1.56. The van der Waals surface area contributed by atoms with Gasteiger partial charge in [-0.25, -0.2) is 0 Å². The number of halogens is 2. The zero-order valence-corrected chi connectivity index (χ0v) is 12.6. The smallest absolute Gasteiger partial charge is 0.0460 e. The summed E-state index contributed by atoms with van der Waals surface area (Å²) >= 11 is 9.63. The van der Waals surface area contributed by atoms with Gasteiger partial charge in [-0.05, 0) is 37.9 Å². The Morgan fingerprint density at radius 1 is 1.47 bits per heavy atom. The summed E-state index contributed by atoms with van der Waals surface area (Å²) in [5, 5.41) is 4.16. The van der Waals surface area contributed by atoms with Crippen molar-refractivity contribution in [1.29, 1.82) is 0 Å². The van der Waals surface area contributed by atoms with Crippen LogP contribution in [0.2, 0.25) is 5.02 Å². The number of rotatable bonds is 6. The van der Waals surface area contributed by atoms with Crippen molar-refractivity contribution in [1.82, 2.24) is 10.2 Å². The molecule has 0 saturated carbocycles. The molecule has 1 rings (SSSR count). The Morgan fingerprint density at radius 3 is 2.76 bits per heavy atom. The highest BCUT2D eigenvalue weighted by molar-refractivity contribution is 9.10. The van der Waals surface area contributed by atoms with Crippen molar-refractivity contribution in [2.24, 2.45) is 5.73 Å². The minimum atomic E-state index is 0.0972. The van der Waals surface area contributed by atoms with E-state index in [-0.39, 0.29) is 6.04 Å². The first-order chi connectivity index (χ1) is 8.04. The molecule has 1 aromatic carbocycles. The molecule has 1 aromatic rings. The molecule has 0 amide bonds. The van der Waals surface area contributed by atoms with E-state index >= 15 is 0 Å². The molecule has 0 fully saturated rings. The van der Waals surface area contributed by atoms with Gasteiger partial charge in [-0.3, -0.25) is 0 Å². The molecule has 0 aliphatic rings. The Hall–Kier alpha value is -0.130. The van der Waals surface area contributed by atoms with Crippen molar-refractivity contribution >= 4 is 27.5 Å². The summed E-state index contributed by atoms with van der Waals surface area (Å²) in [4.78, 5) is 2.13. The first-order valence-electron chi connectivity index (χ1n) is 5.57. The maximum absolute atomic E-state index is 6.18. The highest BCUT2D eigenvalue weighted by atomic mass is 79.9. The Bertz CT molecular complexity index is 358. The number of hydrogen-bond acceptors (Lipinski definition) is 3. The highest BCUT2D eigenvalue weighted by Gasteiger charge is 2.12. The molecule has 0 spiro atoms. The van der Waals surface area contributed by atoms with Gasteiger partial charge >= 0.3 is 0 Å². The van der Waals surface area contributed by atoms with E-state index in [4.69, 9.17) is 17.3 Å². The van der Waals surface area contributed by atoms with Gasteiger partial charge in [0.15, 0.2) is 0 Å². The van der Waals surface area contributed by atoms with E-state index in [1.807, 2.05) is 32.3 Å². The number of nitrogens with two attached hydrogens (primary N) is 1. The number of likely N-dealkylation sites (N-methyl/N-ethyl adjacent to an activating group) is 1. The average Bonchev–Trinajstić information content (AvgIpc) is 2.28. The molecular weight excluding hydrogens is 302 g/mol. The van der Waals surface area contributed by atoms with Crippen LogP contribution in [0.3, 0.4) is 0 Å². The molecule has 1 atom stereocenters. The third kappa shape index (κ3) is 4.94. The zero-order valence-electron chi connectivity index (χ0n) is 10.2. The molecule has 1 unspecified atom stereocenters. The molecule has 0 aromatic heterocycles. The molecular formula is C12H19BrClN3. The lowest BCUT2D eigenvalue weighted by Crippen LogP contribution is -2.33. The Labute approximate surface area is 116 Å². The molecule has 0 aliphatic carbocycles. The molecule has 5 heteroatoms. The second kappa shape index (κ2) is 7.34. The van der Waals surface area contributed by atoms with E-state index in [1.54, 1.807) is 0 Å². The van der Waals surface area contributed by atoms with Crippen LogP contribution < -0.4 is 11.1 Å². The minimum Gasteiger partial charge on any atom is -0.329 e. The predicted molar refractivity (Wildman–Crippen MR) is 77.5 cm³/mol. The predicted octanol–water partition coefficient (Wildman–Crippen LogP) is 2.25. The molecule has 0 bridgehead atoms. The summed E-state index contributed by atoms with van der Waals surface area (Å²) in [5.41, 5.74) is 6.83. The van der Waals surface area contributed by atoms with Crippen molar-refractivity contribution in [2.45, 2.75) is 6.04 Å². The van der Waals surface area contributed by atoms with Crippen molar-refractivity contribution in [3.63, 3.8) is 0 Å². The zero-order chi connectivity index (χ0) is 12.8. The van der Waals surface area contributed by atoms with Crippen LogP contribution >= 0.6 is 27.5 Å². The summed E-state index contributed by atoms with van der Waals surface area (Å²) in [6.45, 7) is 2.39. The van der Waals surface area contributed by atoms with Crippen LogP contribution in [-0.2, 0) is 0 Å². The van der Waals surface area contributed by atoms with E-state index in [1.165, 1.54) is 0 Å². The van der Waals surface area contributed by atoms with E-state index < -0.39 is 0 Å². The second-order valence-electron chi connectivity index (χ2n) is 4.21. The monoisotopic (exact) mass is 319 g/mol. The summed E-state index contributed by atoms with van der Waals surface area (Å²) in [7, 11) is 4.09. The van der Waals surface area contributed by atoms with E-state index in [9.17, 15) is 0 Å². The fraction of sp³-hybridized carbons (Fsp3) is 0.500. The molecule has 0 aliphatic heterocycles. The largest absolute Gasteiger partial charge is 0.329 e. The summed E-state index contributed by atoms with van der Waals surface area (Å²) in [6, 6.07) is 5.93. The Balaban J connectivity index is 2.68. The van der Waals surface area contributed by atoms with Gasteiger partial charge in [-0.2, -0.15) is 0 Å². The lowest BCUT2D eigenvalue weighted by Gasteiger charge is -2.20. The Kier molecular flexibility index (Phi) is 6.44. The highest BCUT2D eigenvalue weighted by Crippen LogP contribution is 2.26. The summed E-state index contributed by atoms with van der Waals surface area (Å²) in [6.07, 6.45) is 0. The average molecular weight is 321 g/mol. The van der Waals surface area contributed by atoms with Crippen LogP contribution in [-0.4, -0.2) is 38.6 Å². The van der Waals surface area contributed by atoms with Crippen molar-refractivity contribution < 1.29 is 0 Å². The van der Waals surface area contributed by atoms with Crippen molar-refractivity contribution in [2.75, 3.05) is 33.7 Å². The fourth-order valence-corrected chi connectivity index (χ4v) is 2.19. The van der Waals surface area contributed by atoms with E-state index in [0.717, 1.165) is 28.1 Å². The van der Waals surface area contributed by atoms with Crippen LogP contribution in [0.15, 0.2) is 22.7 Å². The number of nitrogens with zero attached hydrogens (tertiary/aromatic N) is 1. The van der Waals surface area contributed by atoms with Crippen LogP contribution in [0.5, 0.6) is 0 Å². The maximum Gasteiger partial charge on any atom is 0.0460 e. The first-order valence-corrected chi connectivity index (χ1v) is 6.75. The molecule has 17 heavy (non-hydrogen) atoms. The van der Waals surface area contributed by atoms with Gasteiger partial charge in [-0.1, -0.05) is 27.5 Å². The minimum absolute atomic E-state index is 0.0972. The molecule has 0 radical (unpaired) electrons. The van der Waals surface area contributed by atoms with Crippen LogP contribution in [0.4, 0.5) is 0 Å². The van der Waals surface area contributed by atoms with Gasteiger partial charge in [0.25, 0.3) is 0 Å². The first kappa shape index (κ1) is 14.9. The van der Waals surface area contributed by atoms with Crippen molar-refractivity contribution in [3.8, 4) is 0 Å². The standard InChI is InChI=1S/C12H19BrClN3/c1-17(2)6-5-16-12(8-15)10-7-9(13)3-4-11(10)14/h3-4,7,12,16H,5-6,8,15H2,1-2H3. The second-order valence-corrected chi connectivity index (χ2v) is 5.53. The van der Waals surface area contributed by atoms with Crippen LogP contribution in [0, 0.1) is 0 Å². The van der Waals surface area contributed by atoms with Crippen LogP contribution in [0.1, 0.15) is 11.6 Å². The molecule has 0 saturated heterocycles. The van der Waals surface area contributed by atoms with Gasteiger partial charge in [0, 0.05) is 35.2 Å². The van der Waals surface area contributed by atoms with Gasteiger partial charge in [0.05, 0.1) is 0 Å². The number of benzene rings is 1. The van der Waals surface area contributed by atoms with Gasteiger partial charge in [0.2, 0.25) is 0 Å². The normalized spacial score (nSPS) is 13.1. The van der Waals surface area contributed by atoms with E-state index in [0.29, 0.717) is 6.54 Å². The summed E-state index contributed by atoms with van der Waals surface area (Å²) in [5.74, 6) is 0. The number of nitrogens with one attached hydrogen (secondary N) is 1. The van der Waals surface area contributed by atoms with E-state index in [2.05, 4.69) is 26.1 Å². The third-order valence-electron chi connectivity index (χ3n) is 2.52. The lowest BCUT2D eigenvalue weighted by molar-refractivity contribution is 0.385. The molecule has 96 valence electrons.